The molecule has 37 heavy (non-hydrogen) atoms. The van der Waals surface area contributed by atoms with Crippen LogP contribution in [0.3, 0.4) is 0 Å². The van der Waals surface area contributed by atoms with Gasteiger partial charge in [0.05, 0.1) is 12.2 Å². The Kier molecular flexibility index (Phi) is 8.00. The van der Waals surface area contributed by atoms with Gasteiger partial charge in [-0.05, 0) is 78.4 Å². The van der Waals surface area contributed by atoms with Crippen LogP contribution in [0.15, 0.2) is 49.1 Å². The van der Waals surface area contributed by atoms with E-state index in [9.17, 15) is 19.8 Å². The average Bonchev–Trinajstić information content (AvgIpc) is 3.22. The van der Waals surface area contributed by atoms with Crippen molar-refractivity contribution in [2.45, 2.75) is 96.5 Å². The molecule has 8 atom stereocenters. The molecule has 0 spiro atoms. The first-order valence-corrected chi connectivity index (χ1v) is 13.2. The highest BCUT2D eigenvalue weighted by molar-refractivity contribution is 6.01. The lowest BCUT2D eigenvalue weighted by atomic mass is 9.44. The molecule has 5 rings (SSSR count). The fourth-order valence-electron chi connectivity index (χ4n) is 7.93. The molecule has 0 amide bonds. The Morgan fingerprint density at radius 3 is 2.35 bits per heavy atom. The topological polar surface area (TPSA) is 93.1 Å². The molecule has 5 aliphatic rings. The highest BCUT2D eigenvalue weighted by Gasteiger charge is 2.79. The zero-order valence-electron chi connectivity index (χ0n) is 23.1. The van der Waals surface area contributed by atoms with Crippen molar-refractivity contribution in [1.82, 2.24) is 0 Å². The van der Waals surface area contributed by atoms with Crippen molar-refractivity contribution in [2.24, 2.45) is 22.7 Å². The molecule has 1 saturated heterocycles. The number of alkyl halides is 1. The number of carbonyl (C=O) groups is 2. The Balaban J connectivity index is 0.000000580. The Morgan fingerprint density at radius 2 is 1.78 bits per heavy atom. The van der Waals surface area contributed by atoms with Crippen LogP contribution >= 0.6 is 0 Å². The minimum absolute atomic E-state index is 0.0109. The molecule has 4 aliphatic carbocycles. The molecule has 0 aromatic heterocycles. The number of ketones is 2. The Labute approximate surface area is 220 Å². The lowest BCUT2D eigenvalue weighted by Crippen LogP contribution is -2.70. The number of ether oxygens (including phenoxy) is 2. The number of rotatable bonds is 2. The van der Waals surface area contributed by atoms with Crippen LogP contribution in [0, 0.1) is 22.7 Å². The molecule has 0 bridgehead atoms. The van der Waals surface area contributed by atoms with Gasteiger partial charge in [0.15, 0.2) is 28.6 Å². The molecular weight excluding hydrogens is 475 g/mol. The number of allylic oxidation sites excluding steroid dienone is 6. The fraction of sp³-hybridized carbons (Fsp3) is 0.667. The zero-order chi connectivity index (χ0) is 28.0. The van der Waals surface area contributed by atoms with E-state index in [-0.39, 0.29) is 18.1 Å². The largest absolute Gasteiger partial charge is 0.390 e. The quantitative estimate of drug-likeness (QED) is 0.510. The van der Waals surface area contributed by atoms with E-state index in [4.69, 9.17) is 9.47 Å². The lowest BCUT2D eigenvalue weighted by molar-refractivity contribution is -0.246. The summed E-state index contributed by atoms with van der Waals surface area (Å²) in [4.78, 5) is 25.1. The number of hydrogen-bond acceptors (Lipinski definition) is 6. The van der Waals surface area contributed by atoms with Crippen LogP contribution in [0.5, 0.6) is 0 Å². The Hall–Kier alpha value is -1.93. The summed E-state index contributed by atoms with van der Waals surface area (Å²) >= 11 is 0. The number of Topliss-reactive ketones (excluding diaryl/α,β-unsaturated/α-hetero) is 1. The highest BCUT2D eigenvalue weighted by Crippen LogP contribution is 2.72. The van der Waals surface area contributed by atoms with Crippen LogP contribution < -0.4 is 0 Å². The van der Waals surface area contributed by atoms with Crippen LogP contribution in [0.2, 0.25) is 0 Å². The molecule has 1 heterocycles. The zero-order valence-corrected chi connectivity index (χ0v) is 23.1. The number of halogens is 1. The molecule has 0 radical (unpaired) electrons. The van der Waals surface area contributed by atoms with Crippen LogP contribution in [0.1, 0.15) is 67.2 Å². The van der Waals surface area contributed by atoms with Gasteiger partial charge < -0.3 is 19.7 Å². The maximum Gasteiger partial charge on any atom is 0.193 e. The van der Waals surface area contributed by atoms with Crippen LogP contribution in [0.25, 0.3) is 0 Å². The monoisotopic (exact) mass is 518 g/mol. The van der Waals surface area contributed by atoms with Gasteiger partial charge in [-0.15, -0.1) is 13.2 Å². The third kappa shape index (κ3) is 4.05. The summed E-state index contributed by atoms with van der Waals surface area (Å²) in [6.45, 7) is 16.9. The minimum atomic E-state index is -1.98. The number of fused-ring (bicyclic) bond motifs is 7. The fourth-order valence-corrected chi connectivity index (χ4v) is 7.93. The number of aliphatic hydroxyl groups excluding tert-OH is 2. The maximum atomic E-state index is 17.1. The third-order valence-electron chi connectivity index (χ3n) is 9.19. The molecule has 0 unspecified atom stereocenters. The number of carbonyl (C=O) groups excluding carboxylic acids is 2. The average molecular weight is 519 g/mol. The molecule has 7 heteroatoms. The van der Waals surface area contributed by atoms with Gasteiger partial charge in [0.2, 0.25) is 0 Å². The van der Waals surface area contributed by atoms with Crippen LogP contribution in [0.4, 0.5) is 4.39 Å². The standard InChI is InChI=1S/C24H31FO6.2C3H6/c1-20(2)30-19-10-16-15-6-5-13-9-14(27)7-8-21(13,3)23(15,25)17(28)11-22(16,4)24(19,31-20)18(29)12-26;2*1-3-2/h7-9,15-17,19,26,28H,5-6,10-12H2,1-4H3;2*3H,1H2,2H3/t15-,16-,17-,19+,21-,22-,23-,24+;;/m0../s1. The van der Waals surface area contributed by atoms with Crippen molar-refractivity contribution < 1.29 is 33.7 Å². The summed E-state index contributed by atoms with van der Waals surface area (Å²) in [6.07, 6.45) is 7.50. The smallest absolute Gasteiger partial charge is 0.193 e. The summed E-state index contributed by atoms with van der Waals surface area (Å²) in [7, 11) is 0. The van der Waals surface area contributed by atoms with Crippen molar-refractivity contribution in [3.63, 3.8) is 0 Å². The van der Waals surface area contributed by atoms with Gasteiger partial charge in [0, 0.05) is 16.7 Å². The molecule has 4 fully saturated rings. The number of aliphatic hydroxyl groups is 2. The van der Waals surface area contributed by atoms with E-state index in [1.807, 2.05) is 20.8 Å². The molecule has 0 aromatic carbocycles. The van der Waals surface area contributed by atoms with Gasteiger partial charge in [-0.25, -0.2) is 4.39 Å². The summed E-state index contributed by atoms with van der Waals surface area (Å²) in [5, 5.41) is 21.2. The van der Waals surface area contributed by atoms with E-state index in [1.54, 1.807) is 39.0 Å². The van der Waals surface area contributed by atoms with E-state index < -0.39 is 58.4 Å². The summed E-state index contributed by atoms with van der Waals surface area (Å²) in [5.41, 5.74) is -4.66. The first kappa shape index (κ1) is 29.6. The highest BCUT2D eigenvalue weighted by atomic mass is 19.1. The maximum absolute atomic E-state index is 17.1. The summed E-state index contributed by atoms with van der Waals surface area (Å²) < 4.78 is 29.5. The molecular formula is C30H43FO6. The van der Waals surface area contributed by atoms with Crippen molar-refractivity contribution in [3.05, 3.63) is 49.1 Å². The van der Waals surface area contributed by atoms with Crippen molar-refractivity contribution >= 4 is 11.6 Å². The normalized spacial score (nSPS) is 44.4. The van der Waals surface area contributed by atoms with Crippen LogP contribution in [-0.2, 0) is 19.1 Å². The van der Waals surface area contributed by atoms with Gasteiger partial charge in [-0.1, -0.05) is 30.7 Å². The molecule has 206 valence electrons. The molecule has 0 aromatic rings. The first-order valence-electron chi connectivity index (χ1n) is 13.2. The van der Waals surface area contributed by atoms with Gasteiger partial charge >= 0.3 is 0 Å². The van der Waals surface area contributed by atoms with Crippen molar-refractivity contribution in [2.75, 3.05) is 6.61 Å². The molecule has 1 aliphatic heterocycles. The van der Waals surface area contributed by atoms with Crippen LogP contribution in [-0.4, -0.2) is 57.7 Å². The SMILES string of the molecule is C=CC.C=CC.CC1(C)O[C@@H]2C[C@H]3[C@@H]4CCC5=CC(=O)C=C[C@]5(C)[C@@]4(F)[C@@H](O)C[C@]3(C)[C@]2(C(=O)CO)O1. The predicted octanol–water partition coefficient (Wildman–Crippen LogP) is 4.80. The van der Waals surface area contributed by atoms with E-state index in [1.165, 1.54) is 12.2 Å². The predicted molar refractivity (Wildman–Crippen MR) is 140 cm³/mol. The van der Waals surface area contributed by atoms with Gasteiger partial charge in [-0.2, -0.15) is 0 Å². The molecule has 3 saturated carbocycles. The van der Waals surface area contributed by atoms with Crippen molar-refractivity contribution in [1.29, 1.82) is 0 Å². The number of hydrogen-bond donors (Lipinski definition) is 2. The Bertz CT molecular complexity index is 1010. The van der Waals surface area contributed by atoms with Gasteiger partial charge in [0.1, 0.15) is 6.61 Å². The van der Waals surface area contributed by atoms with Gasteiger partial charge in [-0.3, -0.25) is 9.59 Å². The first-order chi connectivity index (χ1) is 17.2. The lowest BCUT2D eigenvalue weighted by Gasteiger charge is -2.62. The minimum Gasteiger partial charge on any atom is -0.390 e. The van der Waals surface area contributed by atoms with Gasteiger partial charge in [0.25, 0.3) is 0 Å². The van der Waals surface area contributed by atoms with E-state index >= 15 is 4.39 Å². The van der Waals surface area contributed by atoms with E-state index in [0.29, 0.717) is 19.3 Å². The molecule has 6 nitrogen and oxygen atoms in total. The van der Waals surface area contributed by atoms with E-state index in [0.717, 1.165) is 5.57 Å². The second-order valence-corrected chi connectivity index (χ2v) is 11.7. The second-order valence-electron chi connectivity index (χ2n) is 11.7. The third-order valence-corrected chi connectivity index (χ3v) is 9.19. The molecule has 2 N–H and O–H groups in total. The Morgan fingerprint density at radius 1 is 1.19 bits per heavy atom. The summed E-state index contributed by atoms with van der Waals surface area (Å²) in [5.74, 6) is -2.46. The second kappa shape index (κ2) is 9.99. The van der Waals surface area contributed by atoms with Crippen molar-refractivity contribution in [3.8, 4) is 0 Å². The summed E-state index contributed by atoms with van der Waals surface area (Å²) in [6, 6.07) is 0. The van der Waals surface area contributed by atoms with E-state index in [2.05, 4.69) is 13.2 Å².